The molecule has 1 saturated carbocycles. The van der Waals surface area contributed by atoms with E-state index < -0.39 is 15.9 Å². The minimum atomic E-state index is -3.78. The standard InChI is InChI=1S/C14H14N2O4S/c17-14(13-6-5-12(20-13)11-3-4-11)16-21(18,19)9-10-2-1-7-15-8-10/h1-2,5-8,11H,3-4,9H2,(H,16,17). The van der Waals surface area contributed by atoms with Crippen LogP contribution in [-0.2, 0) is 15.8 Å². The summed E-state index contributed by atoms with van der Waals surface area (Å²) in [4.78, 5) is 15.7. The van der Waals surface area contributed by atoms with E-state index in [2.05, 4.69) is 4.98 Å². The van der Waals surface area contributed by atoms with Crippen molar-refractivity contribution in [2.45, 2.75) is 24.5 Å². The summed E-state index contributed by atoms with van der Waals surface area (Å²) < 4.78 is 31.3. The highest BCUT2D eigenvalue weighted by Crippen LogP contribution is 2.40. The largest absolute Gasteiger partial charge is 0.456 e. The van der Waals surface area contributed by atoms with Gasteiger partial charge in [-0.25, -0.2) is 13.1 Å². The molecule has 6 nitrogen and oxygen atoms in total. The number of hydrogen-bond acceptors (Lipinski definition) is 5. The molecule has 0 unspecified atom stereocenters. The molecule has 1 amide bonds. The molecular weight excluding hydrogens is 292 g/mol. The lowest BCUT2D eigenvalue weighted by Crippen LogP contribution is -2.31. The molecule has 0 aromatic carbocycles. The highest BCUT2D eigenvalue weighted by Gasteiger charge is 2.28. The van der Waals surface area contributed by atoms with Gasteiger partial charge in [-0.2, -0.15) is 0 Å². The highest BCUT2D eigenvalue weighted by atomic mass is 32.2. The van der Waals surface area contributed by atoms with Gasteiger partial charge in [-0.15, -0.1) is 0 Å². The van der Waals surface area contributed by atoms with Crippen molar-refractivity contribution in [3.63, 3.8) is 0 Å². The molecule has 0 saturated heterocycles. The number of rotatable bonds is 5. The molecule has 0 spiro atoms. The molecule has 1 aliphatic rings. The van der Waals surface area contributed by atoms with Crippen LogP contribution >= 0.6 is 0 Å². The van der Waals surface area contributed by atoms with E-state index in [9.17, 15) is 13.2 Å². The number of carbonyl (C=O) groups is 1. The van der Waals surface area contributed by atoms with Crippen LogP contribution in [0.2, 0.25) is 0 Å². The summed E-state index contributed by atoms with van der Waals surface area (Å²) in [6.07, 6.45) is 5.10. The maximum absolute atomic E-state index is 11.9. The number of sulfonamides is 1. The molecule has 21 heavy (non-hydrogen) atoms. The van der Waals surface area contributed by atoms with Crippen molar-refractivity contribution in [1.82, 2.24) is 9.71 Å². The molecule has 2 aromatic rings. The Bertz CT molecular complexity index is 748. The average Bonchev–Trinajstić information content (AvgIpc) is 3.16. The van der Waals surface area contributed by atoms with Crippen LogP contribution in [0.15, 0.2) is 41.1 Å². The lowest BCUT2D eigenvalue weighted by molar-refractivity contribution is 0.0952. The molecule has 7 heteroatoms. The van der Waals surface area contributed by atoms with Crippen LogP contribution in [0, 0.1) is 0 Å². The Morgan fingerprint density at radius 2 is 2.14 bits per heavy atom. The number of carbonyl (C=O) groups excluding carboxylic acids is 1. The molecule has 2 heterocycles. The van der Waals surface area contributed by atoms with Crippen LogP contribution in [0.25, 0.3) is 0 Å². The number of nitrogens with one attached hydrogen (secondary N) is 1. The second kappa shape index (κ2) is 5.33. The Morgan fingerprint density at radius 1 is 1.33 bits per heavy atom. The van der Waals surface area contributed by atoms with E-state index in [1.165, 1.54) is 12.3 Å². The SMILES string of the molecule is O=C(NS(=O)(=O)Cc1cccnc1)c1ccc(C2CC2)o1. The van der Waals surface area contributed by atoms with Gasteiger partial charge in [0.25, 0.3) is 5.91 Å². The first-order valence-electron chi connectivity index (χ1n) is 6.57. The maximum atomic E-state index is 11.9. The number of aromatic nitrogens is 1. The minimum absolute atomic E-state index is 0.0201. The van der Waals surface area contributed by atoms with Crippen LogP contribution in [0.4, 0.5) is 0 Å². The Labute approximate surface area is 122 Å². The maximum Gasteiger partial charge on any atom is 0.300 e. The fraction of sp³-hybridized carbons (Fsp3) is 0.286. The van der Waals surface area contributed by atoms with Gasteiger partial charge in [-0.05, 0) is 36.6 Å². The Balaban J connectivity index is 1.67. The first kappa shape index (κ1) is 13.8. The Kier molecular flexibility index (Phi) is 3.50. The molecule has 1 N–H and O–H groups in total. The van der Waals surface area contributed by atoms with E-state index >= 15 is 0 Å². The van der Waals surface area contributed by atoms with Crippen molar-refractivity contribution in [2.24, 2.45) is 0 Å². The van der Waals surface area contributed by atoms with Crippen molar-refractivity contribution in [3.8, 4) is 0 Å². The Hall–Kier alpha value is -2.15. The van der Waals surface area contributed by atoms with Crippen LogP contribution in [0.5, 0.6) is 0 Å². The third kappa shape index (κ3) is 3.49. The van der Waals surface area contributed by atoms with Crippen molar-refractivity contribution >= 4 is 15.9 Å². The number of pyridine rings is 1. The highest BCUT2D eigenvalue weighted by molar-refractivity contribution is 7.89. The van der Waals surface area contributed by atoms with E-state index in [0.717, 1.165) is 18.6 Å². The lowest BCUT2D eigenvalue weighted by Gasteiger charge is -2.05. The summed E-state index contributed by atoms with van der Waals surface area (Å²) in [5, 5.41) is 0. The van der Waals surface area contributed by atoms with E-state index in [1.54, 1.807) is 24.4 Å². The quantitative estimate of drug-likeness (QED) is 0.910. The first-order valence-corrected chi connectivity index (χ1v) is 8.22. The molecule has 3 rings (SSSR count). The molecule has 1 fully saturated rings. The summed E-state index contributed by atoms with van der Waals surface area (Å²) >= 11 is 0. The predicted molar refractivity (Wildman–Crippen MR) is 75.0 cm³/mol. The zero-order valence-corrected chi connectivity index (χ0v) is 12.0. The van der Waals surface area contributed by atoms with Gasteiger partial charge in [0.15, 0.2) is 5.76 Å². The molecule has 2 aromatic heterocycles. The third-order valence-corrected chi connectivity index (χ3v) is 4.37. The third-order valence-electron chi connectivity index (χ3n) is 3.16. The second-order valence-electron chi connectivity index (χ2n) is 5.03. The summed E-state index contributed by atoms with van der Waals surface area (Å²) in [6, 6.07) is 6.50. The van der Waals surface area contributed by atoms with Crippen LogP contribution in [0.1, 0.15) is 40.6 Å². The van der Waals surface area contributed by atoms with E-state index in [-0.39, 0.29) is 11.5 Å². The fourth-order valence-corrected chi connectivity index (χ4v) is 3.06. The van der Waals surface area contributed by atoms with Crippen LogP contribution < -0.4 is 4.72 Å². The van der Waals surface area contributed by atoms with E-state index in [0.29, 0.717) is 11.5 Å². The zero-order valence-electron chi connectivity index (χ0n) is 11.2. The van der Waals surface area contributed by atoms with Gasteiger partial charge in [0, 0.05) is 18.3 Å². The van der Waals surface area contributed by atoms with Crippen LogP contribution in [0.3, 0.4) is 0 Å². The van der Waals surface area contributed by atoms with Crippen molar-refractivity contribution < 1.29 is 17.6 Å². The molecule has 110 valence electrons. The molecule has 0 bridgehead atoms. The smallest absolute Gasteiger partial charge is 0.300 e. The molecule has 0 radical (unpaired) electrons. The minimum Gasteiger partial charge on any atom is -0.456 e. The summed E-state index contributed by atoms with van der Waals surface area (Å²) in [5.41, 5.74) is 0.510. The van der Waals surface area contributed by atoms with Gasteiger partial charge in [0.1, 0.15) is 5.76 Å². The van der Waals surface area contributed by atoms with Crippen LogP contribution in [-0.4, -0.2) is 19.3 Å². The topological polar surface area (TPSA) is 89.3 Å². The average molecular weight is 306 g/mol. The fourth-order valence-electron chi connectivity index (χ4n) is 1.99. The van der Waals surface area contributed by atoms with Gasteiger partial charge in [0.05, 0.1) is 5.75 Å². The monoisotopic (exact) mass is 306 g/mol. The molecule has 0 atom stereocenters. The number of furan rings is 1. The molecule has 0 aliphatic heterocycles. The van der Waals surface area contributed by atoms with E-state index in [1.807, 2.05) is 4.72 Å². The molecule has 1 aliphatic carbocycles. The number of amides is 1. The predicted octanol–water partition coefficient (Wildman–Crippen LogP) is 1.81. The van der Waals surface area contributed by atoms with E-state index in [4.69, 9.17) is 4.42 Å². The summed E-state index contributed by atoms with van der Waals surface area (Å²) in [5.74, 6) is 0.0868. The van der Waals surface area contributed by atoms with Crippen molar-refractivity contribution in [1.29, 1.82) is 0 Å². The van der Waals surface area contributed by atoms with Gasteiger partial charge >= 0.3 is 0 Å². The van der Waals surface area contributed by atoms with Gasteiger partial charge in [0.2, 0.25) is 10.0 Å². The summed E-state index contributed by atoms with van der Waals surface area (Å²) in [6.45, 7) is 0. The first-order chi connectivity index (χ1) is 10.0. The number of hydrogen-bond donors (Lipinski definition) is 1. The van der Waals surface area contributed by atoms with Crippen molar-refractivity contribution in [2.75, 3.05) is 0 Å². The lowest BCUT2D eigenvalue weighted by atomic mass is 10.3. The normalized spacial score (nSPS) is 14.9. The molecular formula is C14H14N2O4S. The second-order valence-corrected chi connectivity index (χ2v) is 6.75. The van der Waals surface area contributed by atoms with Gasteiger partial charge < -0.3 is 4.42 Å². The zero-order chi connectivity index (χ0) is 14.9. The Morgan fingerprint density at radius 3 is 2.81 bits per heavy atom. The van der Waals surface area contributed by atoms with Gasteiger partial charge in [-0.1, -0.05) is 6.07 Å². The summed E-state index contributed by atoms with van der Waals surface area (Å²) in [7, 11) is -3.78. The van der Waals surface area contributed by atoms with Crippen molar-refractivity contribution in [3.05, 3.63) is 53.7 Å². The number of nitrogens with zero attached hydrogens (tertiary/aromatic N) is 1. The van der Waals surface area contributed by atoms with Gasteiger partial charge in [-0.3, -0.25) is 9.78 Å².